The Kier molecular flexibility index (Phi) is 9.24. The Morgan fingerprint density at radius 1 is 1.47 bits per heavy atom. The molecular formula is C10H18FN2O5P. The van der Waals surface area contributed by atoms with Crippen LogP contribution in [-0.2, 0) is 11.3 Å². The molecule has 0 aliphatic heterocycles. The number of hydrogen-bond acceptors (Lipinski definition) is 5. The summed E-state index contributed by atoms with van der Waals surface area (Å²) < 4.78 is 17.4. The number of aryl methyl sites for hydroxylation is 2. The summed E-state index contributed by atoms with van der Waals surface area (Å²) in [7, 11) is -0.404. The minimum Gasteiger partial charge on any atom is -0.375 e. The molecule has 0 aliphatic carbocycles. The molecule has 9 heteroatoms. The van der Waals surface area contributed by atoms with Crippen LogP contribution in [0.2, 0.25) is 0 Å². The fraction of sp³-hybridized carbons (Fsp3) is 0.600. The smallest absolute Gasteiger partial charge is 0.328 e. The maximum Gasteiger partial charge on any atom is 0.328 e. The topological polar surface area (TPSA) is 105 Å². The zero-order valence-electron chi connectivity index (χ0n) is 10.8. The van der Waals surface area contributed by atoms with Crippen molar-refractivity contribution in [2.24, 2.45) is 0 Å². The molecule has 3 N–H and O–H groups in total. The number of methoxy groups -OCH3 is 1. The quantitative estimate of drug-likeness (QED) is 0.668. The van der Waals surface area contributed by atoms with Gasteiger partial charge in [0.2, 0.25) is 0 Å². The van der Waals surface area contributed by atoms with Crippen LogP contribution in [0.15, 0.2) is 15.8 Å². The summed E-state index contributed by atoms with van der Waals surface area (Å²) >= 11 is 0. The Labute approximate surface area is 110 Å². The number of H-pyrrole nitrogens is 1. The predicted octanol–water partition coefficient (Wildman–Crippen LogP) is 0.0914. The standard InChI is InChI=1S/C8H11FN2O2.C2H7O3P/c1-6-5-11(4-2-3-9)8(13)10-7(6)12;1-5-2-6(3)4/h5H,2-4H2,1H3,(H,10,12,13);3-4H,2H2,1H3. The lowest BCUT2D eigenvalue weighted by Crippen LogP contribution is -2.30. The number of ether oxygens (including phenoxy) is 1. The van der Waals surface area contributed by atoms with Crippen molar-refractivity contribution in [2.75, 3.05) is 20.1 Å². The van der Waals surface area contributed by atoms with Gasteiger partial charge in [0, 0.05) is 25.4 Å². The molecule has 1 rings (SSSR count). The summed E-state index contributed by atoms with van der Waals surface area (Å²) in [6, 6.07) is 0. The molecule has 19 heavy (non-hydrogen) atoms. The predicted molar refractivity (Wildman–Crippen MR) is 69.9 cm³/mol. The van der Waals surface area contributed by atoms with Crippen molar-refractivity contribution in [3.8, 4) is 0 Å². The lowest BCUT2D eigenvalue weighted by atomic mass is 10.4. The van der Waals surface area contributed by atoms with Crippen LogP contribution < -0.4 is 11.2 Å². The zero-order chi connectivity index (χ0) is 14.8. The average molecular weight is 296 g/mol. The van der Waals surface area contributed by atoms with E-state index in [1.165, 1.54) is 17.9 Å². The molecule has 0 atom stereocenters. The number of aromatic amines is 1. The number of aromatic nitrogens is 2. The first-order valence-electron chi connectivity index (χ1n) is 5.43. The molecule has 110 valence electrons. The molecule has 0 bridgehead atoms. The van der Waals surface area contributed by atoms with Crippen molar-refractivity contribution in [2.45, 2.75) is 19.9 Å². The van der Waals surface area contributed by atoms with E-state index in [9.17, 15) is 14.0 Å². The third-order valence-electron chi connectivity index (χ3n) is 1.97. The average Bonchev–Trinajstić information content (AvgIpc) is 2.33. The van der Waals surface area contributed by atoms with Crippen molar-refractivity contribution in [3.05, 3.63) is 32.6 Å². The molecule has 0 saturated carbocycles. The van der Waals surface area contributed by atoms with Gasteiger partial charge in [-0.1, -0.05) is 0 Å². The first kappa shape index (κ1) is 17.9. The van der Waals surface area contributed by atoms with Crippen molar-refractivity contribution in [1.82, 2.24) is 9.55 Å². The van der Waals surface area contributed by atoms with Gasteiger partial charge in [0.05, 0.1) is 6.67 Å². The van der Waals surface area contributed by atoms with Gasteiger partial charge in [0.1, 0.15) is 6.35 Å². The van der Waals surface area contributed by atoms with E-state index in [-0.39, 0.29) is 18.3 Å². The van der Waals surface area contributed by atoms with Crippen molar-refractivity contribution in [3.63, 3.8) is 0 Å². The molecule has 0 aromatic carbocycles. The third-order valence-corrected chi connectivity index (χ3v) is 2.46. The van der Waals surface area contributed by atoms with Crippen LogP contribution in [0.1, 0.15) is 12.0 Å². The molecule has 0 unspecified atom stereocenters. The Morgan fingerprint density at radius 2 is 2.11 bits per heavy atom. The van der Waals surface area contributed by atoms with Crippen LogP contribution in [0.4, 0.5) is 4.39 Å². The highest BCUT2D eigenvalue weighted by molar-refractivity contribution is 7.44. The zero-order valence-corrected chi connectivity index (χ0v) is 11.7. The van der Waals surface area contributed by atoms with Gasteiger partial charge in [0.25, 0.3) is 5.56 Å². The van der Waals surface area contributed by atoms with E-state index in [4.69, 9.17) is 9.79 Å². The summed E-state index contributed by atoms with van der Waals surface area (Å²) in [5.41, 5.74) is -0.413. The molecule has 0 amide bonds. The first-order chi connectivity index (χ1) is 8.92. The van der Waals surface area contributed by atoms with Crippen LogP contribution >= 0.6 is 8.38 Å². The maximum atomic E-state index is 11.8. The molecular weight excluding hydrogens is 278 g/mol. The van der Waals surface area contributed by atoms with Gasteiger partial charge < -0.3 is 19.1 Å². The number of rotatable bonds is 5. The van der Waals surface area contributed by atoms with Crippen LogP contribution in [0.25, 0.3) is 0 Å². The highest BCUT2D eigenvalue weighted by Crippen LogP contribution is 2.20. The summed E-state index contributed by atoms with van der Waals surface area (Å²) in [5.74, 6) is 0. The fourth-order valence-electron chi connectivity index (χ4n) is 1.13. The summed E-state index contributed by atoms with van der Waals surface area (Å²) in [6.45, 7) is 1.43. The van der Waals surface area contributed by atoms with Gasteiger partial charge in [-0.05, 0) is 13.3 Å². The Bertz CT molecular complexity index is 474. The number of halogens is 1. The lowest BCUT2D eigenvalue weighted by Gasteiger charge is -2.02. The molecule has 0 aliphatic rings. The first-order valence-corrected chi connectivity index (χ1v) is 6.86. The van der Waals surface area contributed by atoms with Crippen LogP contribution in [-0.4, -0.2) is 39.5 Å². The molecule has 0 saturated heterocycles. The van der Waals surface area contributed by atoms with Gasteiger partial charge in [0.15, 0.2) is 8.38 Å². The highest BCUT2D eigenvalue weighted by atomic mass is 31.2. The maximum absolute atomic E-state index is 11.8. The Hall–Kier alpha value is -1.08. The van der Waals surface area contributed by atoms with Gasteiger partial charge in [-0.15, -0.1) is 0 Å². The van der Waals surface area contributed by atoms with E-state index >= 15 is 0 Å². The fourth-order valence-corrected chi connectivity index (χ4v) is 1.36. The molecule has 0 spiro atoms. The van der Waals surface area contributed by atoms with Gasteiger partial charge in [-0.2, -0.15) is 0 Å². The van der Waals surface area contributed by atoms with Gasteiger partial charge >= 0.3 is 5.69 Å². The third kappa shape index (κ3) is 7.84. The summed E-state index contributed by atoms with van der Waals surface area (Å²) in [4.78, 5) is 40.2. The van der Waals surface area contributed by atoms with E-state index in [0.717, 1.165) is 0 Å². The number of nitrogens with one attached hydrogen (secondary N) is 1. The number of hydrogen-bond donors (Lipinski definition) is 3. The SMILES string of the molecule is COCP(O)O.Cc1cn(CCCF)c(=O)[nH]c1=O. The van der Waals surface area contributed by atoms with Crippen molar-refractivity contribution < 1.29 is 18.9 Å². The van der Waals surface area contributed by atoms with Gasteiger partial charge in [-0.3, -0.25) is 14.2 Å². The lowest BCUT2D eigenvalue weighted by molar-refractivity contribution is 0.236. The van der Waals surface area contributed by atoms with E-state index in [2.05, 4.69) is 9.72 Å². The molecule has 1 heterocycles. The molecule has 7 nitrogen and oxygen atoms in total. The van der Waals surface area contributed by atoms with E-state index in [1.54, 1.807) is 6.92 Å². The second kappa shape index (κ2) is 9.80. The minimum absolute atomic E-state index is 0.0509. The largest absolute Gasteiger partial charge is 0.375 e. The second-order valence-electron chi connectivity index (χ2n) is 3.60. The van der Waals surface area contributed by atoms with Crippen LogP contribution in [0.3, 0.4) is 0 Å². The monoisotopic (exact) mass is 296 g/mol. The van der Waals surface area contributed by atoms with Crippen LogP contribution in [0, 0.1) is 6.92 Å². The van der Waals surface area contributed by atoms with E-state index in [1.807, 2.05) is 0 Å². The normalized spacial score (nSPS) is 10.2. The van der Waals surface area contributed by atoms with Crippen LogP contribution in [0.5, 0.6) is 0 Å². The summed E-state index contributed by atoms with van der Waals surface area (Å²) in [5, 5.41) is 0. The van der Waals surface area contributed by atoms with Gasteiger partial charge in [-0.25, -0.2) is 4.79 Å². The molecule has 1 aromatic rings. The number of nitrogens with zero attached hydrogens (tertiary/aromatic N) is 1. The Morgan fingerprint density at radius 3 is 2.53 bits per heavy atom. The minimum atomic E-state index is -1.82. The van der Waals surface area contributed by atoms with E-state index < -0.39 is 20.7 Å². The molecule has 1 aromatic heterocycles. The van der Waals surface area contributed by atoms with Crippen molar-refractivity contribution in [1.29, 1.82) is 0 Å². The summed E-state index contributed by atoms with van der Waals surface area (Å²) in [6.07, 6.45) is 1.78. The van der Waals surface area contributed by atoms with Crippen molar-refractivity contribution >= 4 is 8.38 Å². The molecule has 0 fully saturated rings. The number of alkyl halides is 1. The molecule has 0 radical (unpaired) electrons. The Balaban J connectivity index is 0.000000459. The van der Waals surface area contributed by atoms with E-state index in [0.29, 0.717) is 12.1 Å². The second-order valence-corrected chi connectivity index (χ2v) is 4.60. The highest BCUT2D eigenvalue weighted by Gasteiger charge is 1.99.